The van der Waals surface area contributed by atoms with E-state index in [4.69, 9.17) is 9.47 Å². The van der Waals surface area contributed by atoms with Gasteiger partial charge in [0.15, 0.2) is 0 Å². The lowest BCUT2D eigenvalue weighted by Crippen LogP contribution is -2.49. The fourth-order valence-electron chi connectivity index (χ4n) is 5.24. The van der Waals surface area contributed by atoms with Gasteiger partial charge in [0.25, 0.3) is 0 Å². The highest BCUT2D eigenvalue weighted by Crippen LogP contribution is 2.44. The number of alkyl carbamates (subject to hydrolysis) is 1. The highest BCUT2D eigenvalue weighted by molar-refractivity contribution is 5.89. The van der Waals surface area contributed by atoms with E-state index in [2.05, 4.69) is 10.6 Å². The van der Waals surface area contributed by atoms with E-state index in [1.807, 2.05) is 62.4 Å². The van der Waals surface area contributed by atoms with Crippen molar-refractivity contribution < 1.29 is 29.0 Å². The normalized spacial score (nSPS) is 21.9. The summed E-state index contributed by atoms with van der Waals surface area (Å²) in [5, 5.41) is 14.5. The van der Waals surface area contributed by atoms with Crippen molar-refractivity contribution in [3.63, 3.8) is 0 Å². The number of nitrogens with one attached hydrogen (secondary N) is 2. The Morgan fingerprint density at radius 1 is 1.00 bits per heavy atom. The minimum Gasteiger partial charge on any atom is -0.481 e. The monoisotopic (exact) mass is 480 g/mol. The molecule has 0 radical (unpaired) electrons. The molecule has 3 N–H and O–H groups in total. The second-order valence-electron chi connectivity index (χ2n) is 9.46. The molecule has 3 unspecified atom stereocenters. The first kappa shape index (κ1) is 24.7. The standard InChI is InChI=1S/C27H32N2O6/c1-16-11-18(12-17(2)35-16)14-28-26(32)24(13-25(30)31)29-27(33)34-15-23-21-9-5-3-7-19(21)20-8-4-6-10-22(20)23/h3-10,16-18,23-24H,11-15H2,1-2H3,(H,28,32)(H,29,33)(H,30,31). The van der Waals surface area contributed by atoms with Gasteiger partial charge in [0.05, 0.1) is 18.6 Å². The minimum absolute atomic E-state index is 0.0825. The van der Waals surface area contributed by atoms with Gasteiger partial charge in [-0.25, -0.2) is 4.79 Å². The number of ether oxygens (including phenoxy) is 2. The third-order valence-electron chi connectivity index (χ3n) is 6.69. The lowest BCUT2D eigenvalue weighted by atomic mass is 9.92. The van der Waals surface area contributed by atoms with Gasteiger partial charge in [0.1, 0.15) is 12.6 Å². The molecule has 0 bridgehead atoms. The van der Waals surface area contributed by atoms with E-state index in [0.717, 1.165) is 35.1 Å². The first-order valence-corrected chi connectivity index (χ1v) is 12.1. The van der Waals surface area contributed by atoms with Crippen LogP contribution >= 0.6 is 0 Å². The fourth-order valence-corrected chi connectivity index (χ4v) is 5.24. The number of benzene rings is 2. The molecule has 3 atom stereocenters. The van der Waals surface area contributed by atoms with Gasteiger partial charge in [-0.3, -0.25) is 9.59 Å². The molecule has 1 aliphatic carbocycles. The second kappa shape index (κ2) is 10.9. The van der Waals surface area contributed by atoms with Crippen LogP contribution in [0.3, 0.4) is 0 Å². The van der Waals surface area contributed by atoms with Crippen LogP contribution < -0.4 is 10.6 Å². The minimum atomic E-state index is -1.22. The number of fused-ring (bicyclic) bond motifs is 3. The van der Waals surface area contributed by atoms with Crippen molar-refractivity contribution in [3.05, 3.63) is 59.7 Å². The fraction of sp³-hybridized carbons (Fsp3) is 0.444. The molecule has 8 nitrogen and oxygen atoms in total. The topological polar surface area (TPSA) is 114 Å². The van der Waals surface area contributed by atoms with Gasteiger partial charge < -0.3 is 25.2 Å². The van der Waals surface area contributed by atoms with Crippen molar-refractivity contribution in [2.75, 3.05) is 13.2 Å². The molecule has 0 saturated carbocycles. The molecule has 1 aliphatic heterocycles. The summed E-state index contributed by atoms with van der Waals surface area (Å²) in [5.74, 6) is -1.61. The number of carboxylic acids is 1. The van der Waals surface area contributed by atoms with Crippen LogP contribution in [0.1, 0.15) is 50.2 Å². The van der Waals surface area contributed by atoms with E-state index in [1.165, 1.54) is 0 Å². The van der Waals surface area contributed by atoms with Gasteiger partial charge in [-0.1, -0.05) is 48.5 Å². The average Bonchev–Trinajstić information content (AvgIpc) is 3.13. The Morgan fingerprint density at radius 2 is 1.57 bits per heavy atom. The van der Waals surface area contributed by atoms with Crippen molar-refractivity contribution in [3.8, 4) is 11.1 Å². The van der Waals surface area contributed by atoms with E-state index in [-0.39, 0.29) is 30.7 Å². The lowest BCUT2D eigenvalue weighted by Gasteiger charge is -2.32. The Labute approximate surface area is 205 Å². The van der Waals surface area contributed by atoms with Gasteiger partial charge in [-0.15, -0.1) is 0 Å². The van der Waals surface area contributed by atoms with Crippen LogP contribution in [0.15, 0.2) is 48.5 Å². The van der Waals surface area contributed by atoms with Gasteiger partial charge in [0.2, 0.25) is 5.91 Å². The molecule has 186 valence electrons. The van der Waals surface area contributed by atoms with Crippen molar-refractivity contribution >= 4 is 18.0 Å². The van der Waals surface area contributed by atoms with Crippen LogP contribution in [0.2, 0.25) is 0 Å². The summed E-state index contributed by atoms with van der Waals surface area (Å²) in [6.07, 6.45) is 0.490. The Morgan fingerprint density at radius 3 is 2.14 bits per heavy atom. The summed E-state index contributed by atoms with van der Waals surface area (Å²) in [6.45, 7) is 4.48. The Kier molecular flexibility index (Phi) is 7.70. The molecule has 2 aromatic carbocycles. The molecule has 1 fully saturated rings. The van der Waals surface area contributed by atoms with E-state index in [0.29, 0.717) is 6.54 Å². The molecule has 1 saturated heterocycles. The van der Waals surface area contributed by atoms with Crippen LogP contribution in [0.25, 0.3) is 11.1 Å². The molecular weight excluding hydrogens is 448 g/mol. The maximum absolute atomic E-state index is 12.7. The van der Waals surface area contributed by atoms with Crippen LogP contribution in [0.5, 0.6) is 0 Å². The summed E-state index contributed by atoms with van der Waals surface area (Å²) < 4.78 is 11.2. The van der Waals surface area contributed by atoms with Crippen molar-refractivity contribution in [2.24, 2.45) is 5.92 Å². The summed E-state index contributed by atoms with van der Waals surface area (Å²) in [4.78, 5) is 36.7. The number of hydrogen-bond acceptors (Lipinski definition) is 5. The van der Waals surface area contributed by atoms with Gasteiger partial charge in [0, 0.05) is 12.5 Å². The molecule has 35 heavy (non-hydrogen) atoms. The summed E-state index contributed by atoms with van der Waals surface area (Å²) in [7, 11) is 0. The third kappa shape index (κ3) is 6.00. The summed E-state index contributed by atoms with van der Waals surface area (Å²) in [6, 6.07) is 14.7. The zero-order valence-electron chi connectivity index (χ0n) is 20.0. The smallest absolute Gasteiger partial charge is 0.407 e. The van der Waals surface area contributed by atoms with Gasteiger partial charge >= 0.3 is 12.1 Å². The first-order chi connectivity index (χ1) is 16.8. The lowest BCUT2D eigenvalue weighted by molar-refractivity contribution is -0.139. The van der Waals surface area contributed by atoms with Crippen molar-refractivity contribution in [1.29, 1.82) is 0 Å². The number of carbonyl (C=O) groups is 3. The molecular formula is C27H32N2O6. The molecule has 8 heteroatoms. The van der Waals surface area contributed by atoms with Gasteiger partial charge in [-0.05, 0) is 54.9 Å². The number of carbonyl (C=O) groups excluding carboxylic acids is 2. The van der Waals surface area contributed by atoms with Crippen LogP contribution in [0.4, 0.5) is 4.79 Å². The molecule has 1 heterocycles. The predicted octanol–water partition coefficient (Wildman–Crippen LogP) is 3.69. The Bertz CT molecular complexity index is 1030. The zero-order chi connectivity index (χ0) is 24.9. The number of amides is 2. The first-order valence-electron chi connectivity index (χ1n) is 12.1. The highest BCUT2D eigenvalue weighted by Gasteiger charge is 2.31. The zero-order valence-corrected chi connectivity index (χ0v) is 20.0. The summed E-state index contributed by atoms with van der Waals surface area (Å²) in [5.41, 5.74) is 4.36. The van der Waals surface area contributed by atoms with E-state index >= 15 is 0 Å². The molecule has 0 spiro atoms. The SMILES string of the molecule is CC1CC(CNC(=O)C(CC(=O)O)NC(=O)OCC2c3ccccc3-c3ccccc32)CC(C)O1. The van der Waals surface area contributed by atoms with Crippen LogP contribution in [0, 0.1) is 5.92 Å². The molecule has 4 rings (SSSR count). The van der Waals surface area contributed by atoms with E-state index in [1.54, 1.807) is 0 Å². The number of rotatable bonds is 8. The van der Waals surface area contributed by atoms with Crippen molar-refractivity contribution in [2.45, 2.75) is 57.3 Å². The quantitative estimate of drug-likeness (QED) is 0.531. The predicted molar refractivity (Wildman–Crippen MR) is 130 cm³/mol. The largest absolute Gasteiger partial charge is 0.481 e. The molecule has 0 aromatic heterocycles. The number of aliphatic carboxylic acids is 1. The number of hydrogen-bond donors (Lipinski definition) is 3. The average molecular weight is 481 g/mol. The summed E-state index contributed by atoms with van der Waals surface area (Å²) >= 11 is 0. The third-order valence-corrected chi connectivity index (χ3v) is 6.69. The molecule has 2 amide bonds. The number of carboxylic acid groups (broad SMARTS) is 1. The Hall–Kier alpha value is -3.39. The Balaban J connectivity index is 1.35. The molecule has 2 aliphatic rings. The highest BCUT2D eigenvalue weighted by atomic mass is 16.5. The van der Waals surface area contributed by atoms with E-state index in [9.17, 15) is 19.5 Å². The van der Waals surface area contributed by atoms with E-state index < -0.39 is 30.4 Å². The van der Waals surface area contributed by atoms with Crippen molar-refractivity contribution in [1.82, 2.24) is 10.6 Å². The van der Waals surface area contributed by atoms with Crippen LogP contribution in [-0.2, 0) is 19.1 Å². The maximum atomic E-state index is 12.7. The van der Waals surface area contributed by atoms with Crippen LogP contribution in [-0.4, -0.2) is 54.5 Å². The molecule has 2 aromatic rings. The maximum Gasteiger partial charge on any atom is 0.407 e. The second-order valence-corrected chi connectivity index (χ2v) is 9.46. The van der Waals surface area contributed by atoms with Gasteiger partial charge in [-0.2, -0.15) is 0 Å².